The molecule has 0 saturated carbocycles. The quantitative estimate of drug-likeness (QED) is 0.0933. The van der Waals surface area contributed by atoms with Crippen molar-refractivity contribution in [2.45, 2.75) is 50.1 Å². The smallest absolute Gasteiger partial charge is 0 e. The molecule has 0 aliphatic heterocycles. The number of pyridine rings is 2. The largest absolute Gasteiger partial charge is 0 e. The topological polar surface area (TPSA) is 207 Å². The number of hydrogen-bond donors (Lipinski definition) is 3. The molecule has 0 atom stereocenters. The Bertz CT molecular complexity index is 1370. The molecule has 1 aromatic carbocycles. The van der Waals surface area contributed by atoms with E-state index in [1.165, 1.54) is 12.1 Å². The zero-order valence-corrected chi connectivity index (χ0v) is 30.6. The molecule has 2 aromatic heterocycles. The number of benzene rings is 1. The minimum atomic E-state index is -3.72. The van der Waals surface area contributed by atoms with E-state index in [1.807, 2.05) is 36.4 Å². The average Bonchev–Trinajstić information content (AvgIpc) is 3.07. The summed E-state index contributed by atoms with van der Waals surface area (Å²) in [6.45, 7) is 16.7. The van der Waals surface area contributed by atoms with Gasteiger partial charge in [0.15, 0.2) is 0 Å². The van der Waals surface area contributed by atoms with Crippen molar-refractivity contribution in [1.29, 1.82) is 0 Å². The maximum atomic E-state index is 12.2. The Hall–Kier alpha value is -3.31. The predicted molar refractivity (Wildman–Crippen MR) is 160 cm³/mol. The maximum absolute atomic E-state index is 12.2. The van der Waals surface area contributed by atoms with Crippen LogP contribution in [0.15, 0.2) is 78.0 Å². The van der Waals surface area contributed by atoms with Gasteiger partial charge in [-0.2, -0.15) is 0 Å². The Labute approximate surface area is 300 Å². The molecule has 3 aromatic rings. The van der Waals surface area contributed by atoms with E-state index in [2.05, 4.69) is 45.5 Å². The number of carbonyl (C=O) groups excluding carboxylic acids is 2. The molecule has 3 rings (SSSR count). The monoisotopic (exact) mass is 902 g/mol. The van der Waals surface area contributed by atoms with E-state index in [0.717, 1.165) is 49.4 Å². The molecular weight excluding hydrogens is 867 g/mol. The fourth-order valence-electron chi connectivity index (χ4n) is 3.94. The molecule has 47 heavy (non-hydrogen) atoms. The number of unbranched alkanes of at least 4 members (excludes halogenated alkanes) is 1. The first-order valence-corrected chi connectivity index (χ1v) is 15.1. The van der Waals surface area contributed by atoms with Gasteiger partial charge in [-0.1, -0.05) is 24.3 Å². The zero-order valence-electron chi connectivity index (χ0n) is 25.4. The van der Waals surface area contributed by atoms with Crippen molar-refractivity contribution in [3.8, 4) is 0 Å². The van der Waals surface area contributed by atoms with Gasteiger partial charge in [-0.15, -0.1) is 0 Å². The van der Waals surface area contributed by atoms with E-state index in [1.54, 1.807) is 24.5 Å². The summed E-state index contributed by atoms with van der Waals surface area (Å²) in [6.07, 6.45) is 6.09. The molecular formula is C31H36BrN6O7ReS-. The molecule has 0 bridgehead atoms. The van der Waals surface area contributed by atoms with Gasteiger partial charge in [0, 0.05) is 71.8 Å². The van der Waals surface area contributed by atoms with E-state index in [0.29, 0.717) is 19.5 Å². The third kappa shape index (κ3) is 22.8. The van der Waals surface area contributed by atoms with Gasteiger partial charge in [-0.25, -0.2) is 13.6 Å². The number of halogens is 1. The van der Waals surface area contributed by atoms with Crippen LogP contribution in [0.2, 0.25) is 0 Å². The summed E-state index contributed by atoms with van der Waals surface area (Å²) < 4.78 is 45.1. The Morgan fingerprint density at radius 1 is 0.745 bits per heavy atom. The fourth-order valence-corrected chi connectivity index (χ4v) is 4.46. The van der Waals surface area contributed by atoms with Gasteiger partial charge >= 0.3 is 33.9 Å². The van der Waals surface area contributed by atoms with Gasteiger partial charge in [0.25, 0.3) is 0 Å². The summed E-state index contributed by atoms with van der Waals surface area (Å²) in [5, 5.41) is 10.8. The number of aromatic nitrogens is 2. The second kappa shape index (κ2) is 30.1. The fraction of sp³-hybridized carbons (Fsp3) is 0.323. The van der Waals surface area contributed by atoms with Crippen LogP contribution in [0.25, 0.3) is 0 Å². The number of sulfonamides is 1. The molecule has 0 spiro atoms. The van der Waals surface area contributed by atoms with Crippen LogP contribution in [0.4, 0.5) is 0 Å². The number of primary sulfonamides is 1. The zero-order chi connectivity index (χ0) is 33.9. The number of nitrogens with zero attached hydrogens (tertiary/aromatic N) is 3. The Balaban J connectivity index is -0.00000228. The van der Waals surface area contributed by atoms with Crippen LogP contribution in [-0.2, 0) is 73.5 Å². The van der Waals surface area contributed by atoms with Crippen LogP contribution in [0.5, 0.6) is 0 Å². The molecule has 16 heteroatoms. The number of rotatable bonds is 16. The molecule has 13 nitrogen and oxygen atoms in total. The summed E-state index contributed by atoms with van der Waals surface area (Å²) in [5.74, 6) is -0.353. The van der Waals surface area contributed by atoms with Crippen molar-refractivity contribution in [1.82, 2.24) is 25.5 Å². The summed E-state index contributed by atoms with van der Waals surface area (Å²) in [7, 11) is -3.72. The molecule has 0 aliphatic rings. The van der Waals surface area contributed by atoms with Crippen molar-refractivity contribution < 1.29 is 69.4 Å². The van der Waals surface area contributed by atoms with Crippen LogP contribution in [0.3, 0.4) is 0 Å². The number of hydrogen-bond acceptors (Lipinski definition) is 7. The summed E-state index contributed by atoms with van der Waals surface area (Å²) >= 11 is 0. The van der Waals surface area contributed by atoms with Crippen LogP contribution in [0.1, 0.15) is 42.6 Å². The standard InChI is InChI=1S/C28H36N6O4S.3CO.BrH.Re/c29-39(37,38)26-11-9-23(10-12-26)15-19-33-28(36)14-13-27(35)32-18-5-6-20-34(21-24-7-1-3-16-30-24)22-25-8-2-4-17-31-25;3*1-2;;/h1-4,7-12,16-17H,5-6,13-15,18-22H2,(H,32,35)(H,33,36)(H2,29,37,38);;;;1H;/p-1. The summed E-state index contributed by atoms with van der Waals surface area (Å²) in [6, 6.07) is 18.0. The molecule has 0 fully saturated rings. The Morgan fingerprint density at radius 3 is 1.64 bits per heavy atom. The van der Waals surface area contributed by atoms with Gasteiger partial charge in [0.2, 0.25) is 21.8 Å². The van der Waals surface area contributed by atoms with E-state index in [4.69, 9.17) is 19.1 Å². The number of nitrogens with two attached hydrogens (primary N) is 1. The molecule has 253 valence electrons. The average molecular weight is 903 g/mol. The minimum Gasteiger partial charge on any atom is 0 e. The number of carbonyl (C=O) groups is 2. The van der Waals surface area contributed by atoms with Crippen molar-refractivity contribution in [3.05, 3.63) is 110 Å². The van der Waals surface area contributed by atoms with Crippen LogP contribution >= 0.6 is 0 Å². The van der Waals surface area contributed by atoms with E-state index >= 15 is 0 Å². The summed E-state index contributed by atoms with van der Waals surface area (Å²) in [5.41, 5.74) is 2.87. The SMILES string of the molecule is NS(=O)(=O)c1ccc(CCNC(=O)CCC(=O)NCCCCN(Cc2ccccn2)Cc2ccccn2)cc1.[Br-].[C-]#[O+].[C-]#[O+].[C-]#[O+].[Re]. The van der Waals surface area contributed by atoms with Crippen molar-refractivity contribution >= 4 is 21.8 Å². The normalized spacial score (nSPS) is 9.53. The minimum absolute atomic E-state index is 0. The van der Waals surface area contributed by atoms with Gasteiger partial charge in [0.1, 0.15) is 0 Å². The third-order valence-electron chi connectivity index (χ3n) is 6.01. The Morgan fingerprint density at radius 2 is 1.21 bits per heavy atom. The Kier molecular flexibility index (Phi) is 30.8. The van der Waals surface area contributed by atoms with E-state index in [9.17, 15) is 18.0 Å². The van der Waals surface area contributed by atoms with Crippen molar-refractivity contribution in [3.63, 3.8) is 0 Å². The first-order valence-electron chi connectivity index (χ1n) is 13.6. The molecule has 0 aliphatic carbocycles. The molecule has 0 unspecified atom stereocenters. The van der Waals surface area contributed by atoms with Crippen LogP contribution in [-0.4, -0.2) is 54.7 Å². The second-order valence-electron chi connectivity index (χ2n) is 9.20. The summed E-state index contributed by atoms with van der Waals surface area (Å²) in [4.78, 5) is 35.4. The molecule has 1 radical (unpaired) electrons. The maximum Gasteiger partial charge on any atom is 0 e. The van der Waals surface area contributed by atoms with Gasteiger partial charge in [-0.05, 0) is 67.8 Å². The van der Waals surface area contributed by atoms with E-state index < -0.39 is 10.0 Å². The molecule has 2 heterocycles. The van der Waals surface area contributed by atoms with Gasteiger partial charge < -0.3 is 27.6 Å². The second-order valence-corrected chi connectivity index (χ2v) is 10.8. The van der Waals surface area contributed by atoms with E-state index in [-0.39, 0.29) is 67.0 Å². The van der Waals surface area contributed by atoms with Crippen molar-refractivity contribution in [2.24, 2.45) is 5.14 Å². The third-order valence-corrected chi connectivity index (χ3v) is 6.94. The predicted octanol–water partition coefficient (Wildman–Crippen LogP) is -0.949. The van der Waals surface area contributed by atoms with Crippen LogP contribution in [0, 0.1) is 20.0 Å². The van der Waals surface area contributed by atoms with Gasteiger partial charge in [-0.3, -0.25) is 24.5 Å². The first-order chi connectivity index (χ1) is 21.8. The number of nitrogens with one attached hydrogen (secondary N) is 2. The molecule has 4 N–H and O–H groups in total. The first kappa shape index (κ1) is 48.1. The molecule has 0 saturated heterocycles. The molecule has 2 amide bonds. The van der Waals surface area contributed by atoms with Gasteiger partial charge in [0.05, 0.1) is 16.3 Å². The number of amides is 2. The van der Waals surface area contributed by atoms with Crippen molar-refractivity contribution in [2.75, 3.05) is 19.6 Å². The van der Waals surface area contributed by atoms with Crippen LogP contribution < -0.4 is 32.8 Å².